The fourth-order valence-electron chi connectivity index (χ4n) is 1.87. The molecule has 1 rings (SSSR count). The SMILES string of the molecule is CCNC(CC)Cc1nc(C(C)(C)OCC)no1. The number of aromatic nitrogens is 2. The number of nitrogens with zero attached hydrogens (tertiary/aromatic N) is 2. The molecular formula is C13H25N3O2. The van der Waals surface area contributed by atoms with Gasteiger partial charge in [-0.05, 0) is 33.7 Å². The second kappa shape index (κ2) is 6.85. The van der Waals surface area contributed by atoms with Gasteiger partial charge in [0.25, 0.3) is 0 Å². The van der Waals surface area contributed by atoms with Gasteiger partial charge in [0.05, 0.1) is 0 Å². The second-order valence-corrected chi connectivity index (χ2v) is 4.82. The lowest BCUT2D eigenvalue weighted by Gasteiger charge is -2.19. The zero-order chi connectivity index (χ0) is 13.6. The summed E-state index contributed by atoms with van der Waals surface area (Å²) in [6.07, 6.45) is 1.81. The summed E-state index contributed by atoms with van der Waals surface area (Å²) in [7, 11) is 0. The lowest BCUT2D eigenvalue weighted by Crippen LogP contribution is -2.30. The summed E-state index contributed by atoms with van der Waals surface area (Å²) in [5, 5.41) is 7.41. The molecule has 1 N–H and O–H groups in total. The third-order valence-corrected chi connectivity index (χ3v) is 2.92. The van der Waals surface area contributed by atoms with Crippen LogP contribution in [0.2, 0.25) is 0 Å². The van der Waals surface area contributed by atoms with E-state index in [1.807, 2.05) is 20.8 Å². The summed E-state index contributed by atoms with van der Waals surface area (Å²) in [4.78, 5) is 4.43. The molecule has 18 heavy (non-hydrogen) atoms. The Morgan fingerprint density at radius 1 is 1.33 bits per heavy atom. The lowest BCUT2D eigenvalue weighted by atomic mass is 10.1. The summed E-state index contributed by atoms with van der Waals surface area (Å²) in [6, 6.07) is 0.388. The first-order valence-electron chi connectivity index (χ1n) is 6.73. The van der Waals surface area contributed by atoms with Crippen molar-refractivity contribution in [3.8, 4) is 0 Å². The van der Waals surface area contributed by atoms with E-state index >= 15 is 0 Å². The number of ether oxygens (including phenoxy) is 1. The summed E-state index contributed by atoms with van der Waals surface area (Å²) in [6.45, 7) is 11.7. The molecule has 104 valence electrons. The Morgan fingerprint density at radius 3 is 2.61 bits per heavy atom. The van der Waals surface area contributed by atoms with Gasteiger partial charge in [-0.25, -0.2) is 0 Å². The second-order valence-electron chi connectivity index (χ2n) is 4.82. The molecule has 1 unspecified atom stereocenters. The highest BCUT2D eigenvalue weighted by molar-refractivity contribution is 4.98. The van der Waals surface area contributed by atoms with Gasteiger partial charge in [0, 0.05) is 19.1 Å². The van der Waals surface area contributed by atoms with Crippen molar-refractivity contribution in [2.24, 2.45) is 0 Å². The zero-order valence-corrected chi connectivity index (χ0v) is 12.1. The van der Waals surface area contributed by atoms with Gasteiger partial charge >= 0.3 is 0 Å². The summed E-state index contributed by atoms with van der Waals surface area (Å²) in [5.74, 6) is 1.29. The molecular weight excluding hydrogens is 230 g/mol. The van der Waals surface area contributed by atoms with Crippen LogP contribution in [0.1, 0.15) is 52.8 Å². The Labute approximate surface area is 109 Å². The maximum absolute atomic E-state index is 5.61. The van der Waals surface area contributed by atoms with E-state index in [2.05, 4.69) is 29.3 Å². The largest absolute Gasteiger partial charge is 0.368 e. The van der Waals surface area contributed by atoms with Crippen molar-refractivity contribution < 1.29 is 9.26 Å². The van der Waals surface area contributed by atoms with Crippen LogP contribution < -0.4 is 5.32 Å². The smallest absolute Gasteiger partial charge is 0.228 e. The molecule has 0 bridgehead atoms. The normalized spacial score (nSPS) is 13.8. The van der Waals surface area contributed by atoms with Crippen LogP contribution in [0.5, 0.6) is 0 Å². The van der Waals surface area contributed by atoms with Crippen molar-refractivity contribution >= 4 is 0 Å². The van der Waals surface area contributed by atoms with Gasteiger partial charge in [0.1, 0.15) is 5.60 Å². The molecule has 0 spiro atoms. The molecule has 1 aromatic heterocycles. The van der Waals surface area contributed by atoms with E-state index in [1.54, 1.807) is 0 Å². The van der Waals surface area contributed by atoms with E-state index in [-0.39, 0.29) is 0 Å². The molecule has 0 aromatic carbocycles. The predicted octanol–water partition coefficient (Wildman–Crippen LogP) is 2.27. The van der Waals surface area contributed by atoms with Crippen molar-refractivity contribution in [3.63, 3.8) is 0 Å². The van der Waals surface area contributed by atoms with Gasteiger partial charge in [-0.2, -0.15) is 4.98 Å². The van der Waals surface area contributed by atoms with Crippen LogP contribution in [0.3, 0.4) is 0 Å². The quantitative estimate of drug-likeness (QED) is 0.772. The molecule has 0 aliphatic carbocycles. The highest BCUT2D eigenvalue weighted by atomic mass is 16.5. The summed E-state index contributed by atoms with van der Waals surface area (Å²) in [5.41, 5.74) is -0.490. The Hall–Kier alpha value is -0.940. The van der Waals surface area contributed by atoms with Crippen molar-refractivity contribution in [3.05, 3.63) is 11.7 Å². The van der Waals surface area contributed by atoms with E-state index in [1.165, 1.54) is 0 Å². The molecule has 1 heterocycles. The molecule has 0 fully saturated rings. The van der Waals surface area contributed by atoms with Crippen molar-refractivity contribution in [2.45, 2.75) is 59.1 Å². The number of hydrogen-bond donors (Lipinski definition) is 1. The van der Waals surface area contributed by atoms with Gasteiger partial charge in [0.15, 0.2) is 0 Å². The summed E-state index contributed by atoms with van der Waals surface area (Å²) >= 11 is 0. The third kappa shape index (κ3) is 4.07. The Kier molecular flexibility index (Phi) is 5.75. The highest BCUT2D eigenvalue weighted by Gasteiger charge is 2.27. The molecule has 0 aliphatic rings. The molecule has 0 saturated heterocycles. The van der Waals surface area contributed by atoms with Gasteiger partial charge in [-0.3, -0.25) is 0 Å². The van der Waals surface area contributed by atoms with Crippen molar-refractivity contribution in [1.82, 2.24) is 15.5 Å². The topological polar surface area (TPSA) is 60.2 Å². The van der Waals surface area contributed by atoms with Crippen LogP contribution in [0.4, 0.5) is 0 Å². The lowest BCUT2D eigenvalue weighted by molar-refractivity contribution is -0.0221. The van der Waals surface area contributed by atoms with Crippen molar-refractivity contribution in [2.75, 3.05) is 13.2 Å². The Bertz CT molecular complexity index is 350. The first-order chi connectivity index (χ1) is 8.53. The van der Waals surface area contributed by atoms with Crippen LogP contribution in [-0.4, -0.2) is 29.3 Å². The Morgan fingerprint density at radius 2 is 2.06 bits per heavy atom. The van der Waals surface area contributed by atoms with Gasteiger partial charge < -0.3 is 14.6 Å². The number of hydrogen-bond acceptors (Lipinski definition) is 5. The fourth-order valence-corrected chi connectivity index (χ4v) is 1.87. The fraction of sp³-hybridized carbons (Fsp3) is 0.846. The standard InChI is InChI=1S/C13H25N3O2/c1-6-10(14-7-2)9-11-15-12(16-18-11)13(4,5)17-8-3/h10,14H,6-9H2,1-5H3. The highest BCUT2D eigenvalue weighted by Crippen LogP contribution is 2.21. The molecule has 0 aliphatic heterocycles. The first-order valence-corrected chi connectivity index (χ1v) is 6.73. The minimum atomic E-state index is -0.490. The van der Waals surface area contributed by atoms with Crippen LogP contribution >= 0.6 is 0 Å². The van der Waals surface area contributed by atoms with Crippen LogP contribution in [0, 0.1) is 0 Å². The molecule has 1 aromatic rings. The minimum absolute atomic E-state index is 0.388. The van der Waals surface area contributed by atoms with E-state index in [4.69, 9.17) is 9.26 Å². The van der Waals surface area contributed by atoms with E-state index in [0.29, 0.717) is 24.4 Å². The van der Waals surface area contributed by atoms with Gasteiger partial charge in [-0.1, -0.05) is 19.0 Å². The average molecular weight is 255 g/mol. The molecule has 0 radical (unpaired) electrons. The van der Waals surface area contributed by atoms with Gasteiger partial charge in [-0.15, -0.1) is 0 Å². The predicted molar refractivity (Wildman–Crippen MR) is 70.4 cm³/mol. The molecule has 5 nitrogen and oxygen atoms in total. The summed E-state index contributed by atoms with van der Waals surface area (Å²) < 4.78 is 10.9. The monoisotopic (exact) mass is 255 g/mol. The van der Waals surface area contributed by atoms with E-state index in [0.717, 1.165) is 19.4 Å². The first kappa shape index (κ1) is 15.1. The maximum Gasteiger partial charge on any atom is 0.228 e. The number of rotatable bonds is 8. The van der Waals surface area contributed by atoms with Gasteiger partial charge in [0.2, 0.25) is 11.7 Å². The third-order valence-electron chi connectivity index (χ3n) is 2.92. The molecule has 5 heteroatoms. The minimum Gasteiger partial charge on any atom is -0.368 e. The zero-order valence-electron chi connectivity index (χ0n) is 12.1. The average Bonchev–Trinajstić information content (AvgIpc) is 2.77. The number of nitrogens with one attached hydrogen (secondary N) is 1. The molecule has 1 atom stereocenters. The van der Waals surface area contributed by atoms with Crippen molar-refractivity contribution in [1.29, 1.82) is 0 Å². The van der Waals surface area contributed by atoms with Crippen LogP contribution in [0.25, 0.3) is 0 Å². The van der Waals surface area contributed by atoms with E-state index < -0.39 is 5.60 Å². The maximum atomic E-state index is 5.61. The molecule has 0 amide bonds. The van der Waals surface area contributed by atoms with E-state index in [9.17, 15) is 0 Å². The van der Waals surface area contributed by atoms with Crippen LogP contribution in [0.15, 0.2) is 4.52 Å². The number of likely N-dealkylation sites (N-methyl/N-ethyl adjacent to an activating group) is 1. The molecule has 0 saturated carbocycles. The van der Waals surface area contributed by atoms with Crippen LogP contribution in [-0.2, 0) is 16.8 Å². The Balaban J connectivity index is 2.68.